The van der Waals surface area contributed by atoms with E-state index in [0.717, 1.165) is 23.3 Å². The lowest BCUT2D eigenvalue weighted by atomic mass is 9.92. The van der Waals surface area contributed by atoms with Crippen molar-refractivity contribution in [3.05, 3.63) is 81.1 Å². The summed E-state index contributed by atoms with van der Waals surface area (Å²) in [6.45, 7) is 3.87. The summed E-state index contributed by atoms with van der Waals surface area (Å²) in [5.74, 6) is -0.760. The number of hydrogen-bond acceptors (Lipinski definition) is 5. The van der Waals surface area contributed by atoms with Crippen molar-refractivity contribution in [2.45, 2.75) is 37.8 Å². The van der Waals surface area contributed by atoms with Crippen LogP contribution in [-0.2, 0) is 16.0 Å². The first-order valence-electron chi connectivity index (χ1n) is 10.4. The van der Waals surface area contributed by atoms with Gasteiger partial charge >= 0.3 is 0 Å². The largest absolute Gasteiger partial charge is 0.325 e. The number of nitrogens with one attached hydrogen (secondary N) is 3. The molecule has 32 heavy (non-hydrogen) atoms. The van der Waals surface area contributed by atoms with Crippen molar-refractivity contribution in [2.24, 2.45) is 0 Å². The van der Waals surface area contributed by atoms with Crippen molar-refractivity contribution in [1.29, 1.82) is 0 Å². The van der Waals surface area contributed by atoms with Crippen LogP contribution in [0, 0.1) is 13.8 Å². The van der Waals surface area contributed by atoms with E-state index < -0.39 is 17.4 Å². The van der Waals surface area contributed by atoms with E-state index in [2.05, 4.69) is 20.6 Å². The molecule has 3 aromatic rings. The maximum Gasteiger partial charge on any atom is 0.257 e. The summed E-state index contributed by atoms with van der Waals surface area (Å²) in [6, 6.07) is 15.7. The topological polar surface area (TPSA) is 104 Å². The average molecular weight is 449 g/mol. The molecule has 2 heterocycles. The number of carbonyl (C=O) groups is 2. The van der Waals surface area contributed by atoms with Crippen molar-refractivity contribution < 1.29 is 9.59 Å². The summed E-state index contributed by atoms with van der Waals surface area (Å²) in [5, 5.41) is 5.93. The van der Waals surface area contributed by atoms with Crippen LogP contribution in [0.3, 0.4) is 0 Å². The lowest BCUT2D eigenvalue weighted by Crippen LogP contribution is -2.36. The maximum atomic E-state index is 13.0. The van der Waals surface area contributed by atoms with Gasteiger partial charge in [-0.2, -0.15) is 0 Å². The van der Waals surface area contributed by atoms with Gasteiger partial charge in [-0.15, -0.1) is 0 Å². The van der Waals surface area contributed by atoms with Crippen LogP contribution in [0.15, 0.2) is 58.5 Å². The minimum absolute atomic E-state index is 0.102. The zero-order valence-corrected chi connectivity index (χ0v) is 18.7. The second-order valence-electron chi connectivity index (χ2n) is 7.83. The molecule has 0 saturated heterocycles. The Hall–Kier alpha value is -3.39. The van der Waals surface area contributed by atoms with E-state index in [0.29, 0.717) is 10.8 Å². The number of carbonyl (C=O) groups excluding carboxylic acids is 2. The van der Waals surface area contributed by atoms with Gasteiger partial charge < -0.3 is 15.6 Å². The van der Waals surface area contributed by atoms with Crippen LogP contribution in [0.1, 0.15) is 34.6 Å². The van der Waals surface area contributed by atoms with E-state index >= 15 is 0 Å². The molecule has 1 aliphatic rings. The highest BCUT2D eigenvalue weighted by Gasteiger charge is 2.34. The van der Waals surface area contributed by atoms with E-state index in [1.54, 1.807) is 0 Å². The maximum absolute atomic E-state index is 13.0. The zero-order valence-electron chi connectivity index (χ0n) is 17.9. The van der Waals surface area contributed by atoms with Gasteiger partial charge in [0.15, 0.2) is 5.16 Å². The monoisotopic (exact) mass is 448 g/mol. The molecule has 1 atom stereocenters. The van der Waals surface area contributed by atoms with Gasteiger partial charge in [0.2, 0.25) is 11.8 Å². The Balaban J connectivity index is 1.53. The Morgan fingerprint density at radius 1 is 1.16 bits per heavy atom. The number of aryl methyl sites for hydroxylation is 3. The Kier molecular flexibility index (Phi) is 6.41. The molecule has 0 aliphatic carbocycles. The number of nitrogens with zero attached hydrogens (tertiary/aromatic N) is 1. The highest BCUT2D eigenvalue weighted by Crippen LogP contribution is 2.31. The van der Waals surface area contributed by atoms with Crippen molar-refractivity contribution in [2.75, 3.05) is 16.4 Å². The van der Waals surface area contributed by atoms with Crippen LogP contribution < -0.4 is 16.2 Å². The Labute approximate surface area is 190 Å². The standard InChI is InChI=1S/C24H24N4O3S/c1-14-8-9-18(15(2)12-14)25-22(30)17-13-19(29)26-21-20(17)23(31)28-24(27-21)32-11-10-16-6-4-3-5-7-16/h3-9,12,17H,10-11,13H2,1-2H3,(H,25,30)(H2,26,27,28,29,31)/t17-/m1/s1. The molecule has 2 amide bonds. The molecule has 4 rings (SSSR count). The van der Waals surface area contributed by atoms with Gasteiger partial charge in [0.1, 0.15) is 5.82 Å². The Morgan fingerprint density at radius 3 is 2.69 bits per heavy atom. The fourth-order valence-electron chi connectivity index (χ4n) is 3.73. The molecule has 3 N–H and O–H groups in total. The predicted molar refractivity (Wildman–Crippen MR) is 126 cm³/mol. The number of amides is 2. The number of thioether (sulfide) groups is 1. The number of aromatic amines is 1. The van der Waals surface area contributed by atoms with E-state index in [4.69, 9.17) is 0 Å². The molecular weight excluding hydrogens is 424 g/mol. The van der Waals surface area contributed by atoms with Crippen LogP contribution in [0.25, 0.3) is 0 Å². The molecule has 7 nitrogen and oxygen atoms in total. The minimum atomic E-state index is -0.904. The molecule has 1 aromatic heterocycles. The third kappa shape index (κ3) is 4.91. The molecule has 1 aliphatic heterocycles. The van der Waals surface area contributed by atoms with Crippen molar-refractivity contribution in [3.8, 4) is 0 Å². The van der Waals surface area contributed by atoms with Crippen molar-refractivity contribution >= 4 is 35.1 Å². The zero-order chi connectivity index (χ0) is 22.7. The first kappa shape index (κ1) is 21.8. The smallest absolute Gasteiger partial charge is 0.257 e. The fourth-order valence-corrected chi connectivity index (χ4v) is 4.58. The number of hydrogen-bond donors (Lipinski definition) is 3. The number of benzene rings is 2. The molecule has 0 fully saturated rings. The first-order valence-corrected chi connectivity index (χ1v) is 11.4. The lowest BCUT2D eigenvalue weighted by Gasteiger charge is -2.24. The van der Waals surface area contributed by atoms with Crippen LogP contribution >= 0.6 is 11.8 Å². The van der Waals surface area contributed by atoms with Crippen LogP contribution in [0.4, 0.5) is 11.5 Å². The molecule has 8 heteroatoms. The molecule has 0 bridgehead atoms. The highest BCUT2D eigenvalue weighted by molar-refractivity contribution is 7.99. The molecule has 2 aromatic carbocycles. The van der Waals surface area contributed by atoms with Crippen LogP contribution in [0.2, 0.25) is 0 Å². The first-order chi connectivity index (χ1) is 15.4. The molecular formula is C24H24N4O3S. The summed E-state index contributed by atoms with van der Waals surface area (Å²) in [6.07, 6.45) is 0.717. The molecule has 0 spiro atoms. The summed E-state index contributed by atoms with van der Waals surface area (Å²) < 4.78 is 0. The van der Waals surface area contributed by atoms with Gasteiger partial charge in [0, 0.05) is 17.9 Å². The van der Waals surface area contributed by atoms with Gasteiger partial charge in [0.05, 0.1) is 11.5 Å². The fraction of sp³-hybridized carbons (Fsp3) is 0.250. The van der Waals surface area contributed by atoms with Crippen LogP contribution in [0.5, 0.6) is 0 Å². The van der Waals surface area contributed by atoms with E-state index in [1.165, 1.54) is 17.3 Å². The highest BCUT2D eigenvalue weighted by atomic mass is 32.2. The Morgan fingerprint density at radius 2 is 1.94 bits per heavy atom. The third-order valence-corrected chi connectivity index (χ3v) is 6.23. The normalized spacial score (nSPS) is 15.1. The van der Waals surface area contributed by atoms with Gasteiger partial charge in [-0.05, 0) is 37.5 Å². The van der Waals surface area contributed by atoms with E-state index in [-0.39, 0.29) is 23.7 Å². The second kappa shape index (κ2) is 9.40. The Bertz CT molecular complexity index is 1220. The molecule has 164 valence electrons. The van der Waals surface area contributed by atoms with E-state index in [9.17, 15) is 14.4 Å². The number of fused-ring (bicyclic) bond motifs is 1. The van der Waals surface area contributed by atoms with Gasteiger partial charge in [0.25, 0.3) is 5.56 Å². The SMILES string of the molecule is Cc1ccc(NC(=O)[C@@H]2CC(=O)Nc3nc(SCCc4ccccc4)[nH]c(=O)c32)c(C)c1. The van der Waals surface area contributed by atoms with Crippen molar-refractivity contribution in [3.63, 3.8) is 0 Å². The van der Waals surface area contributed by atoms with E-state index in [1.807, 2.05) is 62.4 Å². The number of H-pyrrole nitrogens is 1. The molecule has 0 unspecified atom stereocenters. The number of rotatable bonds is 6. The van der Waals surface area contributed by atoms with Gasteiger partial charge in [-0.3, -0.25) is 14.4 Å². The minimum Gasteiger partial charge on any atom is -0.325 e. The lowest BCUT2D eigenvalue weighted by molar-refractivity contribution is -0.123. The van der Waals surface area contributed by atoms with Gasteiger partial charge in [-0.25, -0.2) is 4.98 Å². The summed E-state index contributed by atoms with van der Waals surface area (Å²) in [7, 11) is 0. The summed E-state index contributed by atoms with van der Waals surface area (Å²) in [5.41, 5.74) is 3.64. The summed E-state index contributed by atoms with van der Waals surface area (Å²) in [4.78, 5) is 45.3. The quantitative estimate of drug-likeness (QED) is 0.393. The molecule has 0 saturated carbocycles. The predicted octanol–water partition coefficient (Wildman–Crippen LogP) is 3.79. The van der Waals surface area contributed by atoms with Gasteiger partial charge in [-0.1, -0.05) is 59.8 Å². The number of anilines is 2. The second-order valence-corrected chi connectivity index (χ2v) is 8.91. The third-order valence-electron chi connectivity index (χ3n) is 5.36. The molecule has 0 radical (unpaired) electrons. The van der Waals surface area contributed by atoms with Crippen LogP contribution in [-0.4, -0.2) is 27.5 Å². The van der Waals surface area contributed by atoms with Crippen molar-refractivity contribution in [1.82, 2.24) is 9.97 Å². The summed E-state index contributed by atoms with van der Waals surface area (Å²) >= 11 is 1.40. The number of aromatic nitrogens is 2. The average Bonchev–Trinajstić information content (AvgIpc) is 2.75.